The van der Waals surface area contributed by atoms with Crippen LogP contribution in [0, 0.1) is 0 Å². The lowest BCUT2D eigenvalue weighted by Crippen LogP contribution is -2.51. The van der Waals surface area contributed by atoms with E-state index in [2.05, 4.69) is 17.3 Å². The second-order valence-corrected chi connectivity index (χ2v) is 8.02. The summed E-state index contributed by atoms with van der Waals surface area (Å²) in [5.74, 6) is -1.06. The summed E-state index contributed by atoms with van der Waals surface area (Å²) >= 11 is 0. The van der Waals surface area contributed by atoms with Gasteiger partial charge in [0.05, 0.1) is 42.6 Å². The number of nitrogens with one attached hydrogen (secondary N) is 2. The molecule has 3 heterocycles. The number of morpholine rings is 1. The third kappa shape index (κ3) is 4.64. The third-order valence-corrected chi connectivity index (χ3v) is 5.81. The van der Waals surface area contributed by atoms with Gasteiger partial charge in [0.2, 0.25) is 0 Å². The van der Waals surface area contributed by atoms with Crippen LogP contribution in [0.2, 0.25) is 0 Å². The van der Waals surface area contributed by atoms with E-state index in [1.807, 2.05) is 0 Å². The molecule has 1 saturated heterocycles. The van der Waals surface area contributed by atoms with Crippen LogP contribution in [0.25, 0.3) is 0 Å². The fraction of sp³-hybridized carbons (Fsp3) is 0.409. The van der Waals surface area contributed by atoms with Crippen molar-refractivity contribution in [1.29, 1.82) is 0 Å². The highest BCUT2D eigenvalue weighted by Gasteiger charge is 2.46. The number of hydrogen-bond acceptors (Lipinski definition) is 5. The first-order valence-corrected chi connectivity index (χ1v) is 10.7. The van der Waals surface area contributed by atoms with Gasteiger partial charge in [-0.2, -0.15) is 13.2 Å². The third-order valence-electron chi connectivity index (χ3n) is 5.81. The Balaban J connectivity index is 1.63. The van der Waals surface area contributed by atoms with Gasteiger partial charge in [-0.3, -0.25) is 19.9 Å². The molecule has 1 fully saturated rings. The molecule has 12 heteroatoms. The minimum Gasteiger partial charge on any atom is -0.379 e. The minimum absolute atomic E-state index is 0.0114. The van der Waals surface area contributed by atoms with Crippen molar-refractivity contribution < 1.29 is 32.3 Å². The molecule has 3 aliphatic rings. The van der Waals surface area contributed by atoms with Crippen molar-refractivity contribution in [3.63, 3.8) is 0 Å². The number of ether oxygens (including phenoxy) is 1. The monoisotopic (exact) mass is 479 g/mol. The number of nitrogens with zero attached hydrogens (tertiary/aromatic N) is 3. The molecule has 0 aliphatic carbocycles. The average Bonchev–Trinajstić information content (AvgIpc) is 3.11. The number of amides is 4. The number of hydrogen-bond donors (Lipinski definition) is 2. The van der Waals surface area contributed by atoms with Crippen molar-refractivity contribution in [2.24, 2.45) is 0 Å². The lowest BCUT2D eigenvalue weighted by Gasteiger charge is -2.33. The molecule has 9 nitrogen and oxygen atoms in total. The molecule has 3 aliphatic heterocycles. The van der Waals surface area contributed by atoms with E-state index in [1.165, 1.54) is 34.1 Å². The van der Waals surface area contributed by atoms with Crippen LogP contribution < -0.4 is 10.7 Å². The smallest absolute Gasteiger partial charge is 0.379 e. The van der Waals surface area contributed by atoms with Crippen LogP contribution in [-0.2, 0) is 20.5 Å². The molecule has 0 unspecified atom stereocenters. The van der Waals surface area contributed by atoms with Crippen LogP contribution in [0.3, 0.4) is 0 Å². The summed E-state index contributed by atoms with van der Waals surface area (Å²) in [7, 11) is 0. The largest absolute Gasteiger partial charge is 0.416 e. The van der Waals surface area contributed by atoms with E-state index in [9.17, 15) is 27.6 Å². The van der Waals surface area contributed by atoms with Crippen LogP contribution in [0.15, 0.2) is 48.2 Å². The lowest BCUT2D eigenvalue weighted by atomic mass is 9.91. The second kappa shape index (κ2) is 9.47. The maximum absolute atomic E-state index is 13.7. The van der Waals surface area contributed by atoms with Gasteiger partial charge < -0.3 is 15.0 Å². The van der Waals surface area contributed by atoms with Crippen molar-refractivity contribution in [2.75, 3.05) is 45.9 Å². The number of benzene rings is 1. The van der Waals surface area contributed by atoms with E-state index in [0.717, 1.165) is 6.07 Å². The first kappa shape index (κ1) is 23.8. The quantitative estimate of drug-likeness (QED) is 0.602. The molecule has 34 heavy (non-hydrogen) atoms. The number of rotatable bonds is 6. The summed E-state index contributed by atoms with van der Waals surface area (Å²) < 4.78 is 46.3. The molecule has 0 radical (unpaired) electrons. The van der Waals surface area contributed by atoms with E-state index in [4.69, 9.17) is 4.74 Å². The lowest BCUT2D eigenvalue weighted by molar-refractivity contribution is -0.138. The van der Waals surface area contributed by atoms with Crippen LogP contribution >= 0.6 is 0 Å². The molecule has 1 aromatic rings. The molecule has 1 aromatic carbocycles. The van der Waals surface area contributed by atoms with E-state index in [0.29, 0.717) is 26.3 Å². The molecule has 1 atom stereocenters. The normalized spacial score (nSPS) is 21.4. The van der Waals surface area contributed by atoms with Gasteiger partial charge in [-0.15, -0.1) is 6.58 Å². The van der Waals surface area contributed by atoms with Crippen molar-refractivity contribution in [3.05, 3.63) is 59.3 Å². The molecule has 4 rings (SSSR count). The Bertz CT molecular complexity index is 1040. The van der Waals surface area contributed by atoms with Crippen molar-refractivity contribution >= 4 is 17.8 Å². The van der Waals surface area contributed by atoms with Crippen molar-refractivity contribution in [3.8, 4) is 0 Å². The molecule has 0 saturated carbocycles. The summed E-state index contributed by atoms with van der Waals surface area (Å²) in [4.78, 5) is 41.2. The van der Waals surface area contributed by atoms with E-state index in [-0.39, 0.29) is 36.5 Å². The first-order chi connectivity index (χ1) is 16.2. The van der Waals surface area contributed by atoms with Crippen LogP contribution in [-0.4, -0.2) is 78.6 Å². The number of halogens is 3. The van der Waals surface area contributed by atoms with Gasteiger partial charge in [0.1, 0.15) is 6.54 Å². The number of urea groups is 1. The molecule has 0 aromatic heterocycles. The zero-order valence-corrected chi connectivity index (χ0v) is 18.2. The van der Waals surface area contributed by atoms with E-state index < -0.39 is 35.6 Å². The summed E-state index contributed by atoms with van der Waals surface area (Å²) in [6.07, 6.45) is -3.23. The van der Waals surface area contributed by atoms with Crippen LogP contribution in [0.5, 0.6) is 0 Å². The molecule has 2 N–H and O–H groups in total. The minimum atomic E-state index is -4.68. The summed E-state index contributed by atoms with van der Waals surface area (Å²) in [5.41, 5.74) is 1.80. The summed E-state index contributed by atoms with van der Waals surface area (Å²) in [6, 6.07) is 2.86. The van der Waals surface area contributed by atoms with E-state index >= 15 is 0 Å². The Hall–Kier alpha value is -3.38. The van der Waals surface area contributed by atoms with Crippen molar-refractivity contribution in [2.45, 2.75) is 12.2 Å². The highest BCUT2D eigenvalue weighted by atomic mass is 19.4. The van der Waals surface area contributed by atoms with Gasteiger partial charge in [-0.25, -0.2) is 9.80 Å². The average molecular weight is 479 g/mol. The standard InChI is InChI=1S/C22H24F3N5O4/c1-2-7-30-16-12-28(13-17(31)27-29-8-10-34-11-9-29)20(32)18(16)19(26-21(30)33)14-5-3-4-6-15(14)22(23,24)25/h2-6,19H,1,7-13H2,(H,26,33)(H,27,31)/t19-/m1/s1. The second-order valence-electron chi connectivity index (χ2n) is 8.02. The molecule has 182 valence electrons. The Morgan fingerprint density at radius 3 is 2.62 bits per heavy atom. The van der Waals surface area contributed by atoms with Gasteiger partial charge in [-0.1, -0.05) is 24.3 Å². The van der Waals surface area contributed by atoms with Gasteiger partial charge in [-0.05, 0) is 11.6 Å². The topological polar surface area (TPSA) is 94.2 Å². The predicted octanol–water partition coefficient (Wildman–Crippen LogP) is 1.42. The van der Waals surface area contributed by atoms with Gasteiger partial charge in [0.25, 0.3) is 11.8 Å². The predicted molar refractivity (Wildman–Crippen MR) is 114 cm³/mol. The number of carbonyl (C=O) groups is 3. The fourth-order valence-electron chi connectivity index (χ4n) is 4.30. The Labute approximate surface area is 193 Å². The highest BCUT2D eigenvalue weighted by Crippen LogP contribution is 2.41. The van der Waals surface area contributed by atoms with Gasteiger partial charge in [0, 0.05) is 19.6 Å². The maximum Gasteiger partial charge on any atom is 0.416 e. The number of alkyl halides is 3. The summed E-state index contributed by atoms with van der Waals surface area (Å²) in [6.45, 7) is 5.18. The Morgan fingerprint density at radius 1 is 1.24 bits per heavy atom. The highest BCUT2D eigenvalue weighted by molar-refractivity contribution is 6.03. The zero-order chi connectivity index (χ0) is 24.5. The van der Waals surface area contributed by atoms with Gasteiger partial charge >= 0.3 is 12.2 Å². The molecule has 0 spiro atoms. The molecular weight excluding hydrogens is 455 g/mol. The molecule has 0 bridgehead atoms. The molecule has 4 amide bonds. The van der Waals surface area contributed by atoms with Crippen molar-refractivity contribution in [1.82, 2.24) is 25.6 Å². The van der Waals surface area contributed by atoms with E-state index in [1.54, 1.807) is 5.01 Å². The first-order valence-electron chi connectivity index (χ1n) is 10.7. The Kier molecular flexibility index (Phi) is 6.62. The van der Waals surface area contributed by atoms with Crippen LogP contribution in [0.4, 0.5) is 18.0 Å². The SMILES string of the molecule is C=CCN1C(=O)N[C@H](c2ccccc2C(F)(F)F)C2=C1CN(CC(=O)NN1CCOCC1)C2=O. The summed E-state index contributed by atoms with van der Waals surface area (Å²) in [5, 5.41) is 4.21. The van der Waals surface area contributed by atoms with Gasteiger partial charge in [0.15, 0.2) is 0 Å². The zero-order valence-electron chi connectivity index (χ0n) is 18.2. The number of carbonyl (C=O) groups excluding carboxylic acids is 3. The van der Waals surface area contributed by atoms with Crippen LogP contribution in [0.1, 0.15) is 17.2 Å². The maximum atomic E-state index is 13.7. The fourth-order valence-corrected chi connectivity index (χ4v) is 4.30. The Morgan fingerprint density at radius 2 is 1.94 bits per heavy atom. The molecular formula is C22H24F3N5O4. The number of hydrazine groups is 1.